The van der Waals surface area contributed by atoms with Crippen LogP contribution >= 0.6 is 11.3 Å². The molecule has 152 valence electrons. The van der Waals surface area contributed by atoms with Crippen molar-refractivity contribution in [1.29, 1.82) is 0 Å². The highest BCUT2D eigenvalue weighted by Gasteiger charge is 2.30. The van der Waals surface area contributed by atoms with Gasteiger partial charge in [-0.3, -0.25) is 9.69 Å². The zero-order chi connectivity index (χ0) is 19.7. The number of amides is 1. The molecule has 9 heteroatoms. The number of rotatable bonds is 5. The molecule has 2 aliphatic rings. The molecule has 28 heavy (non-hydrogen) atoms. The van der Waals surface area contributed by atoms with Crippen LogP contribution in [0.2, 0.25) is 0 Å². The van der Waals surface area contributed by atoms with Crippen molar-refractivity contribution in [2.75, 3.05) is 39.3 Å². The molecular formula is C19H25N3O4S2. The molecule has 0 spiro atoms. The Balaban J connectivity index is 1.33. The molecule has 2 saturated heterocycles. The molecule has 0 aromatic carbocycles. The fourth-order valence-corrected chi connectivity index (χ4v) is 5.95. The van der Waals surface area contributed by atoms with Crippen LogP contribution < -0.4 is 0 Å². The van der Waals surface area contributed by atoms with E-state index in [-0.39, 0.29) is 11.0 Å². The summed E-state index contributed by atoms with van der Waals surface area (Å²) in [6.07, 6.45) is 1.81. The van der Waals surface area contributed by atoms with E-state index < -0.39 is 10.0 Å². The lowest BCUT2D eigenvalue weighted by molar-refractivity contribution is 0.0623. The third-order valence-electron chi connectivity index (χ3n) is 5.29. The van der Waals surface area contributed by atoms with E-state index in [1.54, 1.807) is 12.1 Å². The van der Waals surface area contributed by atoms with Gasteiger partial charge < -0.3 is 9.32 Å². The Morgan fingerprint density at radius 3 is 2.39 bits per heavy atom. The van der Waals surface area contributed by atoms with Crippen molar-refractivity contribution >= 4 is 27.3 Å². The summed E-state index contributed by atoms with van der Waals surface area (Å²) < 4.78 is 32.3. The standard InChI is InChI=1S/C19H25N3O4S2/c1-15-4-6-17(27-15)19(23)21-12-10-20(11-13-21)14-16-5-7-18(26-16)28(24,25)22-8-2-3-9-22/h4-7H,2-3,8-14H2,1H3. The summed E-state index contributed by atoms with van der Waals surface area (Å²) in [6, 6.07) is 7.16. The molecule has 0 N–H and O–H groups in total. The predicted octanol–water partition coefficient (Wildman–Crippen LogP) is 2.39. The van der Waals surface area contributed by atoms with Crippen molar-refractivity contribution in [3.63, 3.8) is 0 Å². The zero-order valence-electron chi connectivity index (χ0n) is 16.0. The zero-order valence-corrected chi connectivity index (χ0v) is 17.6. The van der Waals surface area contributed by atoms with Gasteiger partial charge in [0.05, 0.1) is 11.4 Å². The highest BCUT2D eigenvalue weighted by molar-refractivity contribution is 7.89. The van der Waals surface area contributed by atoms with Gasteiger partial charge in [-0.1, -0.05) is 0 Å². The first-order valence-electron chi connectivity index (χ1n) is 9.60. The SMILES string of the molecule is Cc1ccc(C(=O)N2CCN(Cc3ccc(S(=O)(=O)N4CCCC4)o3)CC2)s1. The van der Waals surface area contributed by atoms with Crippen LogP contribution in [0.4, 0.5) is 0 Å². The summed E-state index contributed by atoms with van der Waals surface area (Å²) >= 11 is 1.53. The van der Waals surface area contributed by atoms with E-state index in [1.165, 1.54) is 15.6 Å². The van der Waals surface area contributed by atoms with Crippen molar-refractivity contribution in [2.24, 2.45) is 0 Å². The lowest BCUT2D eigenvalue weighted by atomic mass is 10.2. The topological polar surface area (TPSA) is 74.1 Å². The first-order chi connectivity index (χ1) is 13.4. The number of furan rings is 1. The molecular weight excluding hydrogens is 398 g/mol. The number of hydrogen-bond donors (Lipinski definition) is 0. The van der Waals surface area contributed by atoms with Gasteiger partial charge in [0.1, 0.15) is 5.76 Å². The Morgan fingerprint density at radius 2 is 1.75 bits per heavy atom. The molecule has 0 atom stereocenters. The summed E-state index contributed by atoms with van der Waals surface area (Å²) in [5.74, 6) is 0.737. The Kier molecular flexibility index (Phi) is 5.59. The van der Waals surface area contributed by atoms with E-state index in [0.717, 1.165) is 35.7 Å². The van der Waals surface area contributed by atoms with Gasteiger partial charge in [0.25, 0.3) is 15.9 Å². The predicted molar refractivity (Wildman–Crippen MR) is 107 cm³/mol. The van der Waals surface area contributed by atoms with Crippen LogP contribution in [0.15, 0.2) is 33.8 Å². The Labute approximate surface area is 169 Å². The van der Waals surface area contributed by atoms with Crippen LogP contribution in [0, 0.1) is 6.92 Å². The Bertz CT molecular complexity index is 936. The number of sulfonamides is 1. The van der Waals surface area contributed by atoms with Crippen LogP contribution in [-0.4, -0.2) is 67.7 Å². The molecule has 4 heterocycles. The molecule has 4 rings (SSSR count). The third-order valence-corrected chi connectivity index (χ3v) is 8.05. The minimum Gasteiger partial charge on any atom is -0.447 e. The number of carbonyl (C=O) groups is 1. The maximum atomic E-state index is 12.6. The van der Waals surface area contributed by atoms with Gasteiger partial charge in [0.15, 0.2) is 0 Å². The van der Waals surface area contributed by atoms with Crippen molar-refractivity contribution in [2.45, 2.75) is 31.4 Å². The smallest absolute Gasteiger partial charge is 0.276 e. The summed E-state index contributed by atoms with van der Waals surface area (Å²) in [7, 11) is -3.51. The molecule has 0 saturated carbocycles. The minimum absolute atomic E-state index is 0.0336. The normalized spacial score (nSPS) is 19.4. The molecule has 0 radical (unpaired) electrons. The molecule has 2 aromatic heterocycles. The van der Waals surface area contributed by atoms with Crippen molar-refractivity contribution in [1.82, 2.24) is 14.1 Å². The molecule has 0 unspecified atom stereocenters. The first kappa shape index (κ1) is 19.6. The van der Waals surface area contributed by atoms with Crippen molar-refractivity contribution in [3.05, 3.63) is 39.8 Å². The second kappa shape index (κ2) is 7.98. The number of nitrogens with zero attached hydrogens (tertiary/aromatic N) is 3. The maximum Gasteiger partial charge on any atom is 0.276 e. The van der Waals surface area contributed by atoms with Gasteiger partial charge in [-0.05, 0) is 44.0 Å². The number of hydrogen-bond acceptors (Lipinski definition) is 6. The van der Waals surface area contributed by atoms with E-state index in [9.17, 15) is 13.2 Å². The van der Waals surface area contributed by atoms with Gasteiger partial charge >= 0.3 is 0 Å². The average molecular weight is 424 g/mol. The molecule has 2 aromatic rings. The van der Waals surface area contributed by atoms with Gasteiger partial charge in [-0.25, -0.2) is 8.42 Å². The Hall–Kier alpha value is -1.68. The van der Waals surface area contributed by atoms with Crippen molar-refractivity contribution in [3.8, 4) is 0 Å². The van der Waals surface area contributed by atoms with Crippen LogP contribution in [-0.2, 0) is 16.6 Å². The van der Waals surface area contributed by atoms with E-state index in [2.05, 4.69) is 4.90 Å². The summed E-state index contributed by atoms with van der Waals surface area (Å²) in [5.41, 5.74) is 0. The van der Waals surface area contributed by atoms with Gasteiger partial charge in [0, 0.05) is 44.1 Å². The first-order valence-corrected chi connectivity index (χ1v) is 11.9. The van der Waals surface area contributed by atoms with Crippen LogP contribution in [0.1, 0.15) is 33.2 Å². The van der Waals surface area contributed by atoms with E-state index in [4.69, 9.17) is 4.42 Å². The number of aryl methyl sites for hydroxylation is 1. The molecule has 2 fully saturated rings. The third kappa shape index (κ3) is 4.03. The van der Waals surface area contributed by atoms with Gasteiger partial charge in [0.2, 0.25) is 5.09 Å². The summed E-state index contributed by atoms with van der Waals surface area (Å²) in [6.45, 7) is 6.49. The van der Waals surface area contributed by atoms with Crippen LogP contribution in [0.5, 0.6) is 0 Å². The Morgan fingerprint density at radius 1 is 1.04 bits per heavy atom. The molecule has 0 bridgehead atoms. The fraction of sp³-hybridized carbons (Fsp3) is 0.526. The average Bonchev–Trinajstić information content (AvgIpc) is 3.44. The molecule has 0 aliphatic carbocycles. The maximum absolute atomic E-state index is 12.6. The van der Waals surface area contributed by atoms with Gasteiger partial charge in [-0.15, -0.1) is 11.3 Å². The second-order valence-electron chi connectivity index (χ2n) is 7.31. The molecule has 7 nitrogen and oxygen atoms in total. The van der Waals surface area contributed by atoms with Crippen LogP contribution in [0.25, 0.3) is 0 Å². The fourth-order valence-electron chi connectivity index (χ4n) is 3.67. The van der Waals surface area contributed by atoms with Crippen LogP contribution in [0.3, 0.4) is 0 Å². The number of thiophene rings is 1. The number of carbonyl (C=O) groups excluding carboxylic acids is 1. The lowest BCUT2D eigenvalue weighted by Gasteiger charge is -2.34. The minimum atomic E-state index is -3.51. The lowest BCUT2D eigenvalue weighted by Crippen LogP contribution is -2.48. The summed E-state index contributed by atoms with van der Waals surface area (Å²) in [5, 5.41) is 0.0336. The highest BCUT2D eigenvalue weighted by Crippen LogP contribution is 2.24. The van der Waals surface area contributed by atoms with E-state index >= 15 is 0 Å². The number of piperazine rings is 1. The van der Waals surface area contributed by atoms with Gasteiger partial charge in [-0.2, -0.15) is 4.31 Å². The highest BCUT2D eigenvalue weighted by atomic mass is 32.2. The molecule has 2 aliphatic heterocycles. The monoisotopic (exact) mass is 423 g/mol. The van der Waals surface area contributed by atoms with E-state index in [0.29, 0.717) is 38.5 Å². The summed E-state index contributed by atoms with van der Waals surface area (Å²) in [4.78, 5) is 18.5. The second-order valence-corrected chi connectivity index (χ2v) is 10.5. The molecule has 1 amide bonds. The van der Waals surface area contributed by atoms with Crippen molar-refractivity contribution < 1.29 is 17.6 Å². The largest absolute Gasteiger partial charge is 0.447 e. The quantitative estimate of drug-likeness (QED) is 0.738. The van der Waals surface area contributed by atoms with E-state index in [1.807, 2.05) is 24.0 Å².